The number of fused-ring (bicyclic) bond motifs is 1. The summed E-state index contributed by atoms with van der Waals surface area (Å²) in [5.41, 5.74) is 7.15. The molecule has 10 aromatic carbocycles. The van der Waals surface area contributed by atoms with Gasteiger partial charge in [0.25, 0.3) is 0 Å². The number of benzene rings is 10. The van der Waals surface area contributed by atoms with E-state index in [0.29, 0.717) is 45.6 Å². The van der Waals surface area contributed by atoms with Gasteiger partial charge < -0.3 is 42.6 Å². The van der Waals surface area contributed by atoms with Gasteiger partial charge in [0.2, 0.25) is 5.75 Å². The fourth-order valence-electron chi connectivity index (χ4n) is 9.40. The molecular weight excluding hydrogens is 1030 g/mol. The lowest BCUT2D eigenvalue weighted by molar-refractivity contribution is -0.0194. The van der Waals surface area contributed by atoms with Crippen LogP contribution in [0.25, 0.3) is 0 Å². The summed E-state index contributed by atoms with van der Waals surface area (Å²) in [5.74, 6) is 0.875. The van der Waals surface area contributed by atoms with Gasteiger partial charge in [0, 0.05) is 41.8 Å². The Morgan fingerprint density at radius 2 is 0.744 bits per heavy atom. The molecule has 0 aliphatic carbocycles. The Balaban J connectivity index is 1.01. The first-order valence-electron chi connectivity index (χ1n) is 27.2. The van der Waals surface area contributed by atoms with Crippen LogP contribution in [0.3, 0.4) is 0 Å². The van der Waals surface area contributed by atoms with E-state index < -0.39 is 24.0 Å². The Labute approximate surface area is 476 Å². The van der Waals surface area contributed by atoms with Crippen molar-refractivity contribution in [2.24, 2.45) is 0 Å². The molecule has 1 aliphatic rings. The maximum absolute atomic E-state index is 16.8. The van der Waals surface area contributed by atoms with Crippen LogP contribution in [-0.2, 0) is 57.4 Å². The maximum atomic E-state index is 16.8. The van der Waals surface area contributed by atoms with Crippen LogP contribution >= 0.6 is 0 Å². The number of carbonyl (C=O) groups excluding carboxylic acids is 1. The summed E-state index contributed by atoms with van der Waals surface area (Å²) < 4.78 is 76.3. The van der Waals surface area contributed by atoms with Crippen LogP contribution in [-0.4, -0.2) is 12.1 Å². The highest BCUT2D eigenvalue weighted by Gasteiger charge is 2.39. The second-order valence-electron chi connectivity index (χ2n) is 19.6. The number of halogens is 1. The van der Waals surface area contributed by atoms with Gasteiger partial charge in [0.05, 0.1) is 5.56 Å². The molecule has 0 spiro atoms. The number of ether oxygens (including phenoxy) is 9. The Morgan fingerprint density at radius 3 is 1.16 bits per heavy atom. The van der Waals surface area contributed by atoms with Crippen molar-refractivity contribution in [3.63, 3.8) is 0 Å². The van der Waals surface area contributed by atoms with Crippen molar-refractivity contribution in [1.29, 1.82) is 0 Å². The van der Waals surface area contributed by atoms with Crippen molar-refractivity contribution >= 4 is 5.97 Å². The predicted molar refractivity (Wildman–Crippen MR) is 311 cm³/mol. The van der Waals surface area contributed by atoms with E-state index in [1.165, 1.54) is 6.07 Å². The summed E-state index contributed by atoms with van der Waals surface area (Å²) in [7, 11) is 0. The lowest BCUT2D eigenvalue weighted by Gasteiger charge is -2.35. The van der Waals surface area contributed by atoms with Crippen molar-refractivity contribution in [1.82, 2.24) is 0 Å². The molecule has 0 saturated carbocycles. The van der Waals surface area contributed by atoms with E-state index in [-0.39, 0.29) is 69.7 Å². The molecule has 10 nitrogen and oxygen atoms in total. The van der Waals surface area contributed by atoms with E-state index >= 15 is 9.18 Å². The number of hydrogen-bond acceptors (Lipinski definition) is 10. The van der Waals surface area contributed by atoms with Gasteiger partial charge in [-0.05, 0) is 51.1 Å². The molecule has 2 atom stereocenters. The summed E-state index contributed by atoms with van der Waals surface area (Å²) in [5, 5.41) is 0. The third kappa shape index (κ3) is 14.2. The minimum atomic E-state index is -1.11. The number of hydrogen-bond donors (Lipinski definition) is 0. The zero-order chi connectivity index (χ0) is 55.7. The SMILES string of the molecule is O=C(O[C@@H]1Cc2c(OCc3ccccc3)cc(OCc3ccccc3)cc2O[C@H]1c1cc(OCc2ccccc2)c(OCc2ccccc2)c(OCc2ccccc2)c1)c1cc(OCc2ccccc2)c(OCc2ccccc2)cc1F. The molecule has 82 heavy (non-hydrogen) atoms. The van der Waals surface area contributed by atoms with E-state index in [1.54, 1.807) is 0 Å². The fraction of sp³-hybridized carbons (Fsp3) is 0.141. The smallest absolute Gasteiger partial charge is 0.341 e. The van der Waals surface area contributed by atoms with Crippen molar-refractivity contribution in [3.05, 3.63) is 310 Å². The van der Waals surface area contributed by atoms with Gasteiger partial charge in [-0.3, -0.25) is 0 Å². The number of rotatable bonds is 24. The molecule has 0 amide bonds. The van der Waals surface area contributed by atoms with E-state index in [1.807, 2.05) is 237 Å². The van der Waals surface area contributed by atoms with E-state index in [0.717, 1.165) is 45.0 Å². The second-order valence-corrected chi connectivity index (χ2v) is 19.6. The lowest BCUT2D eigenvalue weighted by Crippen LogP contribution is -2.35. The molecule has 0 aromatic heterocycles. The van der Waals surface area contributed by atoms with Gasteiger partial charge in [-0.15, -0.1) is 0 Å². The predicted octanol–water partition coefficient (Wildman–Crippen LogP) is 15.8. The maximum Gasteiger partial charge on any atom is 0.341 e. The third-order valence-corrected chi connectivity index (χ3v) is 13.7. The van der Waals surface area contributed by atoms with Gasteiger partial charge >= 0.3 is 5.97 Å². The second kappa shape index (κ2) is 26.8. The van der Waals surface area contributed by atoms with Crippen LogP contribution in [0.15, 0.2) is 249 Å². The highest BCUT2D eigenvalue weighted by molar-refractivity contribution is 5.91. The largest absolute Gasteiger partial charge is 0.489 e. The highest BCUT2D eigenvalue weighted by atomic mass is 19.1. The molecule has 0 radical (unpaired) electrons. The van der Waals surface area contributed by atoms with Gasteiger partial charge in [-0.2, -0.15) is 0 Å². The van der Waals surface area contributed by atoms with Crippen molar-refractivity contribution < 1.29 is 51.8 Å². The van der Waals surface area contributed by atoms with Gasteiger partial charge in [-0.1, -0.05) is 212 Å². The topological polar surface area (TPSA) is 100 Å². The van der Waals surface area contributed by atoms with Crippen LogP contribution in [0.2, 0.25) is 0 Å². The van der Waals surface area contributed by atoms with Gasteiger partial charge in [-0.25, -0.2) is 9.18 Å². The summed E-state index contributed by atoms with van der Waals surface area (Å²) in [6, 6.07) is 77.9. The molecule has 11 rings (SSSR count). The molecule has 410 valence electrons. The highest BCUT2D eigenvalue weighted by Crippen LogP contribution is 2.48. The fourth-order valence-corrected chi connectivity index (χ4v) is 9.40. The monoisotopic (exact) mass is 1090 g/mol. The molecule has 1 aliphatic heterocycles. The number of carbonyl (C=O) groups is 1. The van der Waals surface area contributed by atoms with Crippen LogP contribution in [0.5, 0.6) is 46.0 Å². The zero-order valence-corrected chi connectivity index (χ0v) is 44.9. The first kappa shape index (κ1) is 54.0. The molecule has 0 saturated heterocycles. The van der Waals surface area contributed by atoms with E-state index in [2.05, 4.69) is 0 Å². The summed E-state index contributed by atoms with van der Waals surface area (Å²) in [6.07, 6.45) is -2.11. The Morgan fingerprint density at radius 1 is 0.390 bits per heavy atom. The first-order valence-corrected chi connectivity index (χ1v) is 27.2. The van der Waals surface area contributed by atoms with Crippen LogP contribution in [0.4, 0.5) is 4.39 Å². The quantitative estimate of drug-likeness (QED) is 0.0544. The van der Waals surface area contributed by atoms with Crippen molar-refractivity contribution in [2.75, 3.05) is 0 Å². The molecule has 0 bridgehead atoms. The summed E-state index contributed by atoms with van der Waals surface area (Å²) in [6.45, 7) is 1.30. The van der Waals surface area contributed by atoms with Crippen LogP contribution in [0, 0.1) is 5.82 Å². The molecule has 10 aromatic rings. The molecule has 0 N–H and O–H groups in total. The Hall–Kier alpha value is -10.0. The average molecular weight is 1090 g/mol. The third-order valence-electron chi connectivity index (χ3n) is 13.7. The molecule has 11 heteroatoms. The molecule has 0 fully saturated rings. The van der Waals surface area contributed by atoms with Crippen LogP contribution in [0.1, 0.15) is 66.5 Å². The normalized spacial score (nSPS) is 13.4. The number of esters is 1. The molecule has 0 unspecified atom stereocenters. The minimum absolute atomic E-state index is 0.0682. The van der Waals surface area contributed by atoms with E-state index in [9.17, 15) is 0 Å². The molecular formula is C71H59FO10. The Kier molecular flexibility index (Phi) is 17.6. The van der Waals surface area contributed by atoms with Gasteiger partial charge in [0.1, 0.15) is 75.4 Å². The summed E-state index contributed by atoms with van der Waals surface area (Å²) >= 11 is 0. The summed E-state index contributed by atoms with van der Waals surface area (Å²) in [4.78, 5) is 15.0. The standard InChI is InChI=1S/C71H59FO10/c72-61-42-65(77-46-53-28-14-4-15-29-53)64(76-45-52-26-12-3-13-27-52)40-59(61)71(73)82-68-41-60-62(75-44-51-24-10-2-11-25-51)38-58(74-43-50-22-8-1-9-23-50)39-63(60)81-69(68)57-36-66(78-47-54-30-16-5-17-31-54)70(80-49-56-34-20-7-21-35-56)67(37-57)79-48-55-32-18-6-19-33-55/h1-40,42,68-69H,41,43-49H2/t68-,69+/m1/s1. The molecule has 1 heterocycles. The Bertz CT molecular complexity index is 3580. The van der Waals surface area contributed by atoms with Crippen molar-refractivity contribution in [3.8, 4) is 46.0 Å². The van der Waals surface area contributed by atoms with Crippen LogP contribution < -0.4 is 37.9 Å². The van der Waals surface area contributed by atoms with E-state index in [4.69, 9.17) is 42.6 Å². The average Bonchev–Trinajstić information content (AvgIpc) is 3.72. The lowest BCUT2D eigenvalue weighted by atomic mass is 9.93. The minimum Gasteiger partial charge on any atom is -0.489 e. The first-order chi connectivity index (χ1) is 40.4. The zero-order valence-electron chi connectivity index (χ0n) is 44.9. The van der Waals surface area contributed by atoms with Gasteiger partial charge in [0.15, 0.2) is 29.1 Å². The van der Waals surface area contributed by atoms with Crippen molar-refractivity contribution in [2.45, 2.75) is 64.9 Å².